The van der Waals surface area contributed by atoms with Crippen molar-refractivity contribution in [2.45, 2.75) is 39.3 Å². The summed E-state index contributed by atoms with van der Waals surface area (Å²) in [5.41, 5.74) is 0.992. The van der Waals surface area contributed by atoms with Gasteiger partial charge in [0.1, 0.15) is 6.04 Å². The Morgan fingerprint density at radius 1 is 1.29 bits per heavy atom. The minimum atomic E-state index is -0.295. The van der Waals surface area contributed by atoms with Gasteiger partial charge < -0.3 is 10.4 Å². The van der Waals surface area contributed by atoms with Crippen LogP contribution in [0.4, 0.5) is 0 Å². The Labute approximate surface area is 128 Å². The summed E-state index contributed by atoms with van der Waals surface area (Å²) in [4.78, 5) is 14.7. The lowest BCUT2D eigenvalue weighted by Crippen LogP contribution is -2.45. The highest BCUT2D eigenvalue weighted by Gasteiger charge is 2.26. The molecule has 2 unspecified atom stereocenters. The average molecular weight is 292 g/mol. The highest BCUT2D eigenvalue weighted by molar-refractivity contribution is 5.83. The summed E-state index contributed by atoms with van der Waals surface area (Å²) < 4.78 is 0. The van der Waals surface area contributed by atoms with Crippen LogP contribution in [-0.2, 0) is 4.79 Å². The first-order valence-corrected chi connectivity index (χ1v) is 7.67. The molecule has 0 aliphatic heterocycles. The van der Waals surface area contributed by atoms with E-state index in [1.54, 1.807) is 0 Å². The Morgan fingerprint density at radius 3 is 2.38 bits per heavy atom. The predicted octanol–water partition coefficient (Wildman–Crippen LogP) is 2.20. The predicted molar refractivity (Wildman–Crippen MR) is 86.0 cm³/mol. The number of likely N-dealkylation sites (N-methyl/N-ethyl adjacent to an activating group) is 1. The van der Waals surface area contributed by atoms with E-state index in [1.165, 1.54) is 0 Å². The number of benzene rings is 1. The van der Waals surface area contributed by atoms with Crippen LogP contribution in [0.5, 0.6) is 0 Å². The topological polar surface area (TPSA) is 52.6 Å². The zero-order valence-electron chi connectivity index (χ0n) is 13.5. The molecule has 0 heterocycles. The van der Waals surface area contributed by atoms with Crippen molar-refractivity contribution in [3.63, 3.8) is 0 Å². The maximum absolute atomic E-state index is 12.7. The van der Waals surface area contributed by atoms with Gasteiger partial charge >= 0.3 is 0 Å². The summed E-state index contributed by atoms with van der Waals surface area (Å²) in [7, 11) is 1.95. The van der Waals surface area contributed by atoms with E-state index in [9.17, 15) is 4.79 Å². The molecule has 1 aromatic carbocycles. The third-order valence-electron chi connectivity index (χ3n) is 3.88. The molecule has 2 N–H and O–H groups in total. The summed E-state index contributed by atoms with van der Waals surface area (Å²) in [6.45, 7) is 7.03. The van der Waals surface area contributed by atoms with Crippen LogP contribution in [0, 0.1) is 5.92 Å². The Morgan fingerprint density at radius 2 is 1.90 bits per heavy atom. The second-order valence-electron chi connectivity index (χ2n) is 5.76. The van der Waals surface area contributed by atoms with Crippen molar-refractivity contribution in [2.24, 2.45) is 5.92 Å². The summed E-state index contributed by atoms with van der Waals surface area (Å²) in [5, 5.41) is 12.2. The van der Waals surface area contributed by atoms with Crippen molar-refractivity contribution < 1.29 is 9.90 Å². The van der Waals surface area contributed by atoms with Gasteiger partial charge in [-0.2, -0.15) is 0 Å². The van der Waals surface area contributed by atoms with Crippen molar-refractivity contribution >= 4 is 5.91 Å². The summed E-state index contributed by atoms with van der Waals surface area (Å²) in [5.74, 6) is 0.294. The highest BCUT2D eigenvalue weighted by Crippen LogP contribution is 2.20. The minimum absolute atomic E-state index is 0.000955. The standard InChI is InChI=1S/C17H28N2O2/c1-5-19(4)16(14-9-7-6-8-10-14)17(21)18-15(11-12-20)13(2)3/h6-10,13,15-16,20H,5,11-12H2,1-4H3,(H,18,21). The third kappa shape index (κ3) is 5.14. The molecule has 0 fully saturated rings. The molecule has 0 bridgehead atoms. The minimum Gasteiger partial charge on any atom is -0.396 e. The van der Waals surface area contributed by atoms with Crippen molar-refractivity contribution in [3.05, 3.63) is 35.9 Å². The van der Waals surface area contributed by atoms with Crippen LogP contribution in [0.2, 0.25) is 0 Å². The van der Waals surface area contributed by atoms with Crippen LogP contribution >= 0.6 is 0 Å². The van der Waals surface area contributed by atoms with Crippen molar-refractivity contribution in [1.82, 2.24) is 10.2 Å². The number of carbonyl (C=O) groups excluding carboxylic acids is 1. The van der Waals surface area contributed by atoms with E-state index in [-0.39, 0.29) is 24.6 Å². The van der Waals surface area contributed by atoms with E-state index in [2.05, 4.69) is 19.2 Å². The molecule has 1 aromatic rings. The van der Waals surface area contributed by atoms with Gasteiger partial charge in [-0.3, -0.25) is 9.69 Å². The van der Waals surface area contributed by atoms with Crippen molar-refractivity contribution in [3.8, 4) is 0 Å². The van der Waals surface area contributed by atoms with Gasteiger partial charge in [-0.05, 0) is 31.5 Å². The van der Waals surface area contributed by atoms with Crippen LogP contribution in [-0.4, -0.2) is 42.2 Å². The number of nitrogens with zero attached hydrogens (tertiary/aromatic N) is 1. The van der Waals surface area contributed by atoms with E-state index in [0.29, 0.717) is 12.3 Å². The van der Waals surface area contributed by atoms with Gasteiger partial charge in [0.15, 0.2) is 0 Å². The van der Waals surface area contributed by atoms with E-state index >= 15 is 0 Å². The fraction of sp³-hybridized carbons (Fsp3) is 0.588. The first kappa shape index (κ1) is 17.7. The van der Waals surface area contributed by atoms with Gasteiger partial charge in [0.25, 0.3) is 0 Å². The number of aliphatic hydroxyl groups is 1. The molecule has 1 amide bonds. The highest BCUT2D eigenvalue weighted by atomic mass is 16.3. The Hall–Kier alpha value is -1.39. The molecule has 118 valence electrons. The maximum Gasteiger partial charge on any atom is 0.242 e. The van der Waals surface area contributed by atoms with E-state index in [0.717, 1.165) is 12.1 Å². The number of hydrogen-bond donors (Lipinski definition) is 2. The molecule has 0 radical (unpaired) electrons. The molecule has 1 rings (SSSR count). The number of carbonyl (C=O) groups is 1. The first-order chi connectivity index (χ1) is 10.0. The van der Waals surface area contributed by atoms with Gasteiger partial charge in [0, 0.05) is 12.6 Å². The van der Waals surface area contributed by atoms with Gasteiger partial charge in [-0.25, -0.2) is 0 Å². The zero-order chi connectivity index (χ0) is 15.8. The number of nitrogens with one attached hydrogen (secondary N) is 1. The molecule has 0 saturated carbocycles. The maximum atomic E-state index is 12.7. The smallest absolute Gasteiger partial charge is 0.242 e. The fourth-order valence-electron chi connectivity index (χ4n) is 2.40. The van der Waals surface area contributed by atoms with Crippen LogP contribution in [0.25, 0.3) is 0 Å². The van der Waals surface area contributed by atoms with E-state index < -0.39 is 0 Å². The van der Waals surface area contributed by atoms with Crippen molar-refractivity contribution in [1.29, 1.82) is 0 Å². The number of aliphatic hydroxyl groups excluding tert-OH is 1. The average Bonchev–Trinajstić information content (AvgIpc) is 2.47. The van der Waals surface area contributed by atoms with E-state index in [1.807, 2.05) is 49.2 Å². The lowest BCUT2D eigenvalue weighted by atomic mass is 9.99. The molecule has 0 aliphatic carbocycles. The molecule has 0 saturated heterocycles. The van der Waals surface area contributed by atoms with Gasteiger partial charge in [-0.15, -0.1) is 0 Å². The summed E-state index contributed by atoms with van der Waals surface area (Å²) in [6, 6.07) is 9.52. The number of hydrogen-bond acceptors (Lipinski definition) is 3. The molecule has 4 heteroatoms. The summed E-state index contributed by atoms with van der Waals surface area (Å²) >= 11 is 0. The normalized spacial score (nSPS) is 14.2. The molecular weight excluding hydrogens is 264 g/mol. The third-order valence-corrected chi connectivity index (χ3v) is 3.88. The summed E-state index contributed by atoms with van der Waals surface area (Å²) in [6.07, 6.45) is 0.584. The number of amides is 1. The SMILES string of the molecule is CCN(C)C(C(=O)NC(CCO)C(C)C)c1ccccc1. The van der Waals surface area contributed by atoms with Crippen LogP contribution in [0.1, 0.15) is 38.8 Å². The second-order valence-corrected chi connectivity index (χ2v) is 5.76. The fourth-order valence-corrected chi connectivity index (χ4v) is 2.40. The van der Waals surface area contributed by atoms with Crippen LogP contribution < -0.4 is 5.32 Å². The Balaban J connectivity index is 2.91. The first-order valence-electron chi connectivity index (χ1n) is 7.67. The molecule has 0 aromatic heterocycles. The lowest BCUT2D eigenvalue weighted by molar-refractivity contribution is -0.127. The Bertz CT molecular complexity index is 420. The molecule has 0 aliphatic rings. The largest absolute Gasteiger partial charge is 0.396 e. The van der Waals surface area contributed by atoms with Gasteiger partial charge in [0.2, 0.25) is 5.91 Å². The molecule has 4 nitrogen and oxygen atoms in total. The lowest BCUT2D eigenvalue weighted by Gasteiger charge is -2.30. The monoisotopic (exact) mass is 292 g/mol. The zero-order valence-corrected chi connectivity index (χ0v) is 13.5. The van der Waals surface area contributed by atoms with Crippen LogP contribution in [0.3, 0.4) is 0 Å². The molecular formula is C17H28N2O2. The van der Waals surface area contributed by atoms with Gasteiger partial charge in [0.05, 0.1) is 0 Å². The van der Waals surface area contributed by atoms with Crippen molar-refractivity contribution in [2.75, 3.05) is 20.2 Å². The molecule has 21 heavy (non-hydrogen) atoms. The quantitative estimate of drug-likeness (QED) is 0.772. The van der Waals surface area contributed by atoms with E-state index in [4.69, 9.17) is 5.11 Å². The molecule has 0 spiro atoms. The number of rotatable bonds is 8. The Kier molecular flexibility index (Phi) is 7.40. The van der Waals surface area contributed by atoms with Gasteiger partial charge in [-0.1, -0.05) is 51.1 Å². The molecule has 2 atom stereocenters. The van der Waals surface area contributed by atoms with Crippen LogP contribution in [0.15, 0.2) is 30.3 Å². The second kappa shape index (κ2) is 8.80.